The summed E-state index contributed by atoms with van der Waals surface area (Å²) in [5, 5.41) is 8.81. The molecular formula is C9H19NO3. The van der Waals surface area contributed by atoms with Crippen LogP contribution in [0.4, 0.5) is 0 Å². The molecule has 4 heteroatoms. The Hall–Kier alpha value is -0.610. The van der Waals surface area contributed by atoms with E-state index in [0.29, 0.717) is 6.61 Å². The lowest BCUT2D eigenvalue weighted by molar-refractivity contribution is -0.152. The molecule has 0 heterocycles. The lowest BCUT2D eigenvalue weighted by Crippen LogP contribution is -2.29. The molecule has 1 atom stereocenters. The van der Waals surface area contributed by atoms with Gasteiger partial charge < -0.3 is 14.7 Å². The molecule has 4 nitrogen and oxygen atoms in total. The maximum Gasteiger partial charge on any atom is 0.334 e. The molecule has 0 saturated heterocycles. The number of carbonyl (C=O) groups excluding carboxylic acids is 1. The summed E-state index contributed by atoms with van der Waals surface area (Å²) in [6.45, 7) is 8.49. The fourth-order valence-corrected chi connectivity index (χ4v) is 0.936. The van der Waals surface area contributed by atoms with E-state index in [-0.39, 0.29) is 0 Å². The van der Waals surface area contributed by atoms with Crippen LogP contribution in [0.3, 0.4) is 0 Å². The Morgan fingerprint density at radius 2 is 2.00 bits per heavy atom. The van der Waals surface area contributed by atoms with Gasteiger partial charge in [-0.15, -0.1) is 0 Å². The highest BCUT2D eigenvalue weighted by Gasteiger charge is 2.09. The van der Waals surface area contributed by atoms with E-state index in [0.717, 1.165) is 19.6 Å². The van der Waals surface area contributed by atoms with E-state index in [9.17, 15) is 4.79 Å². The number of rotatable bonds is 6. The topological polar surface area (TPSA) is 49.8 Å². The average Bonchev–Trinajstić information content (AvgIpc) is 2.12. The number of likely N-dealkylation sites (N-methyl/N-ethyl adjacent to an activating group) is 1. The number of aliphatic hydroxyl groups excluding tert-OH is 1. The molecule has 0 rings (SSSR count). The second kappa shape index (κ2) is 6.86. The summed E-state index contributed by atoms with van der Waals surface area (Å²) in [6, 6.07) is 0. The largest absolute Gasteiger partial charge is 0.462 e. The Bertz CT molecular complexity index is 144. The second-order valence-electron chi connectivity index (χ2n) is 2.87. The normalized spacial score (nSPS) is 13.0. The van der Waals surface area contributed by atoms with E-state index >= 15 is 0 Å². The molecule has 1 N–H and O–H groups in total. The third-order valence-electron chi connectivity index (χ3n) is 1.89. The van der Waals surface area contributed by atoms with Crippen molar-refractivity contribution in [1.82, 2.24) is 4.90 Å². The van der Waals surface area contributed by atoms with E-state index < -0.39 is 12.1 Å². The fourth-order valence-electron chi connectivity index (χ4n) is 0.936. The minimum Gasteiger partial charge on any atom is -0.462 e. The van der Waals surface area contributed by atoms with Crippen molar-refractivity contribution in [2.75, 3.05) is 26.2 Å². The van der Waals surface area contributed by atoms with Gasteiger partial charge in [-0.25, -0.2) is 4.79 Å². The van der Waals surface area contributed by atoms with Crippen LogP contribution >= 0.6 is 0 Å². The summed E-state index contributed by atoms with van der Waals surface area (Å²) in [5.74, 6) is -0.549. The zero-order valence-electron chi connectivity index (χ0n) is 8.62. The van der Waals surface area contributed by atoms with E-state index in [1.165, 1.54) is 6.92 Å². The fraction of sp³-hybridized carbons (Fsp3) is 0.889. The number of aliphatic hydroxyl groups is 1. The molecular weight excluding hydrogens is 170 g/mol. The summed E-state index contributed by atoms with van der Waals surface area (Å²) in [5.41, 5.74) is 0. The van der Waals surface area contributed by atoms with E-state index in [1.807, 2.05) is 0 Å². The van der Waals surface area contributed by atoms with Crippen molar-refractivity contribution in [3.8, 4) is 0 Å². The first-order chi connectivity index (χ1) is 6.11. The van der Waals surface area contributed by atoms with Crippen LogP contribution in [0.1, 0.15) is 20.8 Å². The van der Waals surface area contributed by atoms with Gasteiger partial charge in [0, 0.05) is 6.54 Å². The average molecular weight is 189 g/mol. The van der Waals surface area contributed by atoms with Crippen LogP contribution in [0.2, 0.25) is 0 Å². The van der Waals surface area contributed by atoms with Gasteiger partial charge in [0.25, 0.3) is 0 Å². The standard InChI is InChI=1S/C9H19NO3/c1-4-10(5-2)6-7-13-9(12)8(3)11/h8,11H,4-7H2,1-3H3. The molecule has 0 aromatic rings. The van der Waals surface area contributed by atoms with Gasteiger partial charge >= 0.3 is 5.97 Å². The molecule has 0 spiro atoms. The number of nitrogens with zero attached hydrogens (tertiary/aromatic N) is 1. The number of hydrogen-bond donors (Lipinski definition) is 1. The van der Waals surface area contributed by atoms with Crippen LogP contribution < -0.4 is 0 Å². The van der Waals surface area contributed by atoms with Crippen molar-refractivity contribution < 1.29 is 14.6 Å². The predicted octanol–water partition coefficient (Wildman–Crippen LogP) is 0.252. The lowest BCUT2D eigenvalue weighted by Gasteiger charge is -2.17. The number of carbonyl (C=O) groups is 1. The van der Waals surface area contributed by atoms with Crippen LogP contribution in [-0.4, -0.2) is 48.3 Å². The maximum atomic E-state index is 10.8. The zero-order chi connectivity index (χ0) is 10.3. The minimum atomic E-state index is -1.02. The molecule has 0 aliphatic heterocycles. The van der Waals surface area contributed by atoms with Crippen LogP contribution in [0.25, 0.3) is 0 Å². The van der Waals surface area contributed by atoms with Gasteiger partial charge in [-0.3, -0.25) is 0 Å². The summed E-state index contributed by atoms with van der Waals surface area (Å²) in [7, 11) is 0. The van der Waals surface area contributed by atoms with Gasteiger partial charge in [-0.2, -0.15) is 0 Å². The maximum absolute atomic E-state index is 10.8. The first-order valence-corrected chi connectivity index (χ1v) is 4.68. The summed E-state index contributed by atoms with van der Waals surface area (Å²) in [6.07, 6.45) is -1.02. The highest BCUT2D eigenvalue weighted by atomic mass is 16.5. The molecule has 0 amide bonds. The van der Waals surface area contributed by atoms with E-state index in [4.69, 9.17) is 9.84 Å². The molecule has 1 unspecified atom stereocenters. The molecule has 78 valence electrons. The van der Waals surface area contributed by atoms with Crippen molar-refractivity contribution in [3.63, 3.8) is 0 Å². The van der Waals surface area contributed by atoms with Gasteiger partial charge in [0.05, 0.1) is 0 Å². The highest BCUT2D eigenvalue weighted by Crippen LogP contribution is 1.90. The van der Waals surface area contributed by atoms with Crippen molar-refractivity contribution >= 4 is 5.97 Å². The summed E-state index contributed by atoms with van der Waals surface area (Å²) in [4.78, 5) is 13.0. The predicted molar refractivity (Wildman–Crippen MR) is 50.4 cm³/mol. The minimum absolute atomic E-state index is 0.353. The molecule has 0 saturated carbocycles. The lowest BCUT2D eigenvalue weighted by atomic mass is 10.4. The van der Waals surface area contributed by atoms with Crippen LogP contribution in [-0.2, 0) is 9.53 Å². The first-order valence-electron chi connectivity index (χ1n) is 4.68. The third kappa shape index (κ3) is 5.60. The number of hydrogen-bond acceptors (Lipinski definition) is 4. The highest BCUT2D eigenvalue weighted by molar-refractivity contribution is 5.73. The Kier molecular flexibility index (Phi) is 6.54. The van der Waals surface area contributed by atoms with Crippen molar-refractivity contribution in [2.24, 2.45) is 0 Å². The van der Waals surface area contributed by atoms with Crippen LogP contribution in [0.5, 0.6) is 0 Å². The Morgan fingerprint density at radius 3 is 2.38 bits per heavy atom. The van der Waals surface area contributed by atoms with Gasteiger partial charge in [-0.1, -0.05) is 13.8 Å². The quantitative estimate of drug-likeness (QED) is 0.609. The molecule has 0 aliphatic rings. The second-order valence-corrected chi connectivity index (χ2v) is 2.87. The summed E-state index contributed by atoms with van der Waals surface area (Å²) >= 11 is 0. The summed E-state index contributed by atoms with van der Waals surface area (Å²) < 4.78 is 4.81. The zero-order valence-corrected chi connectivity index (χ0v) is 8.62. The molecule has 0 radical (unpaired) electrons. The van der Waals surface area contributed by atoms with Crippen molar-refractivity contribution in [1.29, 1.82) is 0 Å². The monoisotopic (exact) mass is 189 g/mol. The molecule has 0 aromatic carbocycles. The van der Waals surface area contributed by atoms with Gasteiger partial charge in [0.15, 0.2) is 0 Å². The molecule has 0 bridgehead atoms. The molecule has 13 heavy (non-hydrogen) atoms. The van der Waals surface area contributed by atoms with E-state index in [2.05, 4.69) is 18.7 Å². The Morgan fingerprint density at radius 1 is 1.46 bits per heavy atom. The smallest absolute Gasteiger partial charge is 0.334 e. The number of esters is 1. The molecule has 0 fully saturated rings. The van der Waals surface area contributed by atoms with Crippen molar-refractivity contribution in [3.05, 3.63) is 0 Å². The molecule has 0 aromatic heterocycles. The first kappa shape index (κ1) is 12.4. The van der Waals surface area contributed by atoms with Gasteiger partial charge in [0.1, 0.15) is 12.7 Å². The Labute approximate surface area is 79.5 Å². The SMILES string of the molecule is CCN(CC)CCOC(=O)C(C)O. The molecule has 0 aliphatic carbocycles. The van der Waals surface area contributed by atoms with Gasteiger partial charge in [-0.05, 0) is 20.0 Å². The van der Waals surface area contributed by atoms with Gasteiger partial charge in [0.2, 0.25) is 0 Å². The number of ether oxygens (including phenoxy) is 1. The van der Waals surface area contributed by atoms with Crippen LogP contribution in [0.15, 0.2) is 0 Å². The Balaban J connectivity index is 3.49. The van der Waals surface area contributed by atoms with E-state index in [1.54, 1.807) is 0 Å². The van der Waals surface area contributed by atoms with Crippen molar-refractivity contribution in [2.45, 2.75) is 26.9 Å². The third-order valence-corrected chi connectivity index (χ3v) is 1.89. The van der Waals surface area contributed by atoms with Crippen LogP contribution in [0, 0.1) is 0 Å².